The van der Waals surface area contributed by atoms with Crippen LogP contribution in [-0.4, -0.2) is 38.6 Å². The number of ether oxygens (including phenoxy) is 1. The highest BCUT2D eigenvalue weighted by atomic mass is 16.5. The summed E-state index contributed by atoms with van der Waals surface area (Å²) in [7, 11) is 1.58. The second-order valence-electron chi connectivity index (χ2n) is 7.32. The van der Waals surface area contributed by atoms with Gasteiger partial charge in [-0.2, -0.15) is 0 Å². The van der Waals surface area contributed by atoms with Crippen LogP contribution in [0.25, 0.3) is 21.9 Å². The molecule has 1 aliphatic heterocycles. The predicted octanol–water partition coefficient (Wildman–Crippen LogP) is 1.31. The molecular formula is C21H24N3O4+. The lowest BCUT2D eigenvalue weighted by molar-refractivity contribution is -0.899. The van der Waals surface area contributed by atoms with Gasteiger partial charge in [-0.15, -0.1) is 0 Å². The molecule has 4 N–H and O–H groups in total. The second kappa shape index (κ2) is 7.52. The number of furan rings is 1. The van der Waals surface area contributed by atoms with Crippen molar-refractivity contribution in [2.75, 3.05) is 32.1 Å². The molecule has 4 rings (SSSR count). The molecule has 3 aromatic rings. The number of rotatable bonds is 5. The molecule has 146 valence electrons. The van der Waals surface area contributed by atoms with E-state index in [0.29, 0.717) is 23.6 Å². The average molecular weight is 382 g/mol. The van der Waals surface area contributed by atoms with Gasteiger partial charge in [0.1, 0.15) is 16.9 Å². The van der Waals surface area contributed by atoms with E-state index in [0.717, 1.165) is 40.6 Å². The summed E-state index contributed by atoms with van der Waals surface area (Å²) in [6.07, 6.45) is 1.70. The molecule has 2 aromatic carbocycles. The number of piperidine rings is 1. The monoisotopic (exact) mass is 382 g/mol. The number of para-hydroxylation sites is 1. The first-order valence-electron chi connectivity index (χ1n) is 9.47. The Kier molecular flexibility index (Phi) is 4.92. The van der Waals surface area contributed by atoms with Gasteiger partial charge in [0.05, 0.1) is 31.8 Å². The molecule has 2 atom stereocenters. The van der Waals surface area contributed by atoms with Crippen LogP contribution in [0, 0.1) is 5.92 Å². The summed E-state index contributed by atoms with van der Waals surface area (Å²) in [5.41, 5.74) is 7.48. The van der Waals surface area contributed by atoms with Gasteiger partial charge in [0.15, 0.2) is 6.54 Å². The number of quaternary nitrogens is 1. The molecule has 2 amide bonds. The molecule has 1 aromatic heterocycles. The number of anilines is 1. The fourth-order valence-corrected chi connectivity index (χ4v) is 3.99. The van der Waals surface area contributed by atoms with E-state index < -0.39 is 0 Å². The third-order valence-electron chi connectivity index (χ3n) is 5.40. The van der Waals surface area contributed by atoms with Gasteiger partial charge < -0.3 is 25.1 Å². The molecule has 28 heavy (non-hydrogen) atoms. The number of fused-ring (bicyclic) bond motifs is 3. The quantitative estimate of drug-likeness (QED) is 0.620. The Morgan fingerprint density at radius 2 is 2.07 bits per heavy atom. The zero-order chi connectivity index (χ0) is 19.7. The molecule has 0 bridgehead atoms. The van der Waals surface area contributed by atoms with Crippen LogP contribution in [0.1, 0.15) is 12.8 Å². The van der Waals surface area contributed by atoms with Crippen molar-refractivity contribution in [3.8, 4) is 5.75 Å². The van der Waals surface area contributed by atoms with Gasteiger partial charge in [-0.1, -0.05) is 18.2 Å². The molecule has 2 heterocycles. The van der Waals surface area contributed by atoms with Crippen LogP contribution < -0.4 is 20.7 Å². The van der Waals surface area contributed by atoms with E-state index in [-0.39, 0.29) is 24.3 Å². The maximum atomic E-state index is 12.6. The van der Waals surface area contributed by atoms with E-state index in [1.165, 1.54) is 0 Å². The number of primary amides is 1. The Morgan fingerprint density at radius 1 is 1.25 bits per heavy atom. The van der Waals surface area contributed by atoms with E-state index >= 15 is 0 Å². The number of nitrogens with one attached hydrogen (secondary N) is 2. The Labute approximate surface area is 162 Å². The van der Waals surface area contributed by atoms with Crippen LogP contribution in [0.4, 0.5) is 5.69 Å². The minimum absolute atomic E-state index is 0.131. The Morgan fingerprint density at radius 3 is 2.86 bits per heavy atom. The maximum Gasteiger partial charge on any atom is 0.279 e. The van der Waals surface area contributed by atoms with Crippen LogP contribution in [-0.2, 0) is 9.59 Å². The molecule has 7 nitrogen and oxygen atoms in total. The Balaban J connectivity index is 1.54. The van der Waals surface area contributed by atoms with Crippen molar-refractivity contribution in [2.45, 2.75) is 12.8 Å². The summed E-state index contributed by atoms with van der Waals surface area (Å²) in [5, 5.41) is 4.87. The zero-order valence-electron chi connectivity index (χ0n) is 15.8. The van der Waals surface area contributed by atoms with Crippen molar-refractivity contribution in [1.82, 2.24) is 0 Å². The first-order valence-corrected chi connectivity index (χ1v) is 9.47. The molecule has 0 radical (unpaired) electrons. The van der Waals surface area contributed by atoms with E-state index in [1.54, 1.807) is 13.2 Å². The number of nitrogens with two attached hydrogens (primary N) is 1. The summed E-state index contributed by atoms with van der Waals surface area (Å²) in [6.45, 7) is 1.74. The lowest BCUT2D eigenvalue weighted by Crippen LogP contribution is -3.14. The predicted molar refractivity (Wildman–Crippen MR) is 106 cm³/mol. The lowest BCUT2D eigenvalue weighted by Gasteiger charge is -2.27. The summed E-state index contributed by atoms with van der Waals surface area (Å²) in [6, 6.07) is 11.5. The fourth-order valence-electron chi connectivity index (χ4n) is 3.99. The van der Waals surface area contributed by atoms with Crippen LogP contribution in [0.2, 0.25) is 0 Å². The number of hydrogen-bond donors (Lipinski definition) is 3. The molecule has 1 fully saturated rings. The van der Waals surface area contributed by atoms with E-state index in [9.17, 15) is 9.59 Å². The van der Waals surface area contributed by atoms with Gasteiger partial charge in [-0.3, -0.25) is 9.59 Å². The van der Waals surface area contributed by atoms with Gasteiger partial charge in [0, 0.05) is 16.8 Å². The third kappa shape index (κ3) is 3.53. The number of hydrogen-bond acceptors (Lipinski definition) is 4. The van der Waals surface area contributed by atoms with Crippen LogP contribution >= 0.6 is 0 Å². The first kappa shape index (κ1) is 18.3. The lowest BCUT2D eigenvalue weighted by atomic mass is 9.97. The largest absolute Gasteiger partial charge is 0.495 e. The highest BCUT2D eigenvalue weighted by Crippen LogP contribution is 2.36. The Bertz CT molecular complexity index is 1040. The van der Waals surface area contributed by atoms with Crippen molar-refractivity contribution >= 4 is 39.4 Å². The van der Waals surface area contributed by atoms with Gasteiger partial charge >= 0.3 is 0 Å². The topological polar surface area (TPSA) is 99.0 Å². The summed E-state index contributed by atoms with van der Waals surface area (Å²) >= 11 is 0. The molecule has 0 aliphatic carbocycles. The number of methoxy groups -OCH3 is 1. The van der Waals surface area contributed by atoms with Gasteiger partial charge in [-0.25, -0.2) is 0 Å². The zero-order valence-corrected chi connectivity index (χ0v) is 15.8. The van der Waals surface area contributed by atoms with Crippen LogP contribution in [0.3, 0.4) is 0 Å². The van der Waals surface area contributed by atoms with Crippen molar-refractivity contribution in [3.05, 3.63) is 36.4 Å². The number of benzene rings is 2. The number of carbonyl (C=O) groups is 2. The molecule has 1 saturated heterocycles. The van der Waals surface area contributed by atoms with Crippen molar-refractivity contribution < 1.29 is 23.6 Å². The molecule has 1 unspecified atom stereocenters. The standard InChI is InChI=1S/C21H23N3O4/c1-27-19-9-15-14-6-2-3-7-17(14)28-18(15)10-16(19)23-20(25)12-24-8-4-5-13(11-24)21(22)26/h2-3,6-7,9-10,13H,4-5,8,11-12H2,1H3,(H2,22,26)(H,23,25)/p+1/t13-/m0/s1. The van der Waals surface area contributed by atoms with E-state index in [2.05, 4.69) is 5.32 Å². The average Bonchev–Trinajstić information content (AvgIpc) is 3.04. The smallest absolute Gasteiger partial charge is 0.279 e. The second-order valence-corrected chi connectivity index (χ2v) is 7.32. The van der Waals surface area contributed by atoms with Crippen molar-refractivity contribution in [3.63, 3.8) is 0 Å². The van der Waals surface area contributed by atoms with Crippen molar-refractivity contribution in [1.29, 1.82) is 0 Å². The molecule has 0 spiro atoms. The maximum absolute atomic E-state index is 12.6. The highest BCUT2D eigenvalue weighted by Gasteiger charge is 2.28. The number of carbonyl (C=O) groups excluding carboxylic acids is 2. The van der Waals surface area contributed by atoms with Gasteiger partial charge in [0.2, 0.25) is 5.91 Å². The SMILES string of the molecule is COc1cc2c(cc1NC(=O)C[NH+]1CCC[C@H](C(N)=O)C1)oc1ccccc12. The fraction of sp³-hybridized carbons (Fsp3) is 0.333. The van der Waals surface area contributed by atoms with Gasteiger partial charge in [-0.05, 0) is 25.0 Å². The third-order valence-corrected chi connectivity index (χ3v) is 5.40. The minimum Gasteiger partial charge on any atom is -0.495 e. The normalized spacial score (nSPS) is 19.6. The highest BCUT2D eigenvalue weighted by molar-refractivity contribution is 6.07. The first-order chi connectivity index (χ1) is 13.5. The summed E-state index contributed by atoms with van der Waals surface area (Å²) in [5.74, 6) is 0.0116. The summed E-state index contributed by atoms with van der Waals surface area (Å²) in [4.78, 5) is 25.1. The number of amides is 2. The Hall–Kier alpha value is -3.06. The van der Waals surface area contributed by atoms with Gasteiger partial charge in [0.25, 0.3) is 5.91 Å². The number of likely N-dealkylation sites (tertiary alicyclic amines) is 1. The summed E-state index contributed by atoms with van der Waals surface area (Å²) < 4.78 is 11.4. The molecular weight excluding hydrogens is 358 g/mol. The minimum atomic E-state index is -0.283. The van der Waals surface area contributed by atoms with Crippen molar-refractivity contribution in [2.24, 2.45) is 11.7 Å². The molecule has 1 aliphatic rings. The van der Waals surface area contributed by atoms with E-state index in [1.807, 2.05) is 30.3 Å². The molecule has 0 saturated carbocycles. The molecule has 7 heteroatoms. The van der Waals surface area contributed by atoms with Crippen LogP contribution in [0.15, 0.2) is 40.8 Å². The van der Waals surface area contributed by atoms with E-state index in [4.69, 9.17) is 14.9 Å². The van der Waals surface area contributed by atoms with Crippen LogP contribution in [0.5, 0.6) is 5.75 Å².